The molecule has 2 aromatic rings. The maximum atomic E-state index is 11.8. The van der Waals surface area contributed by atoms with Crippen molar-refractivity contribution in [3.63, 3.8) is 0 Å². The summed E-state index contributed by atoms with van der Waals surface area (Å²) in [6.07, 6.45) is 0.251. The van der Waals surface area contributed by atoms with Crippen molar-refractivity contribution in [2.45, 2.75) is 6.92 Å². The fourth-order valence-corrected chi connectivity index (χ4v) is 1.42. The van der Waals surface area contributed by atoms with E-state index >= 15 is 0 Å². The van der Waals surface area contributed by atoms with Crippen LogP contribution in [-0.2, 0) is 4.79 Å². The van der Waals surface area contributed by atoms with Gasteiger partial charge in [0.15, 0.2) is 11.5 Å². The number of benzene rings is 1. The molecule has 2 rings (SSSR count). The minimum atomic E-state index is -0.822. The number of carbonyl (C=O) groups is 2. The Kier molecular flexibility index (Phi) is 3.85. The molecule has 0 aliphatic carbocycles. The SMILES string of the molecule is CC(=O)Nc1nn(C(=O)Oc2ccccc2)cc1N=O. The molecule has 0 fully saturated rings. The van der Waals surface area contributed by atoms with Gasteiger partial charge < -0.3 is 10.1 Å². The lowest BCUT2D eigenvalue weighted by molar-refractivity contribution is -0.114. The standard InChI is InChI=1S/C12H10N4O4/c1-8(17)13-11-10(15-19)7-16(14-11)12(18)20-9-5-3-2-4-6-9/h2-7H,1H3,(H,13,14,17). The molecule has 0 saturated carbocycles. The number of hydrogen-bond acceptors (Lipinski definition) is 6. The smallest absolute Gasteiger partial charge is 0.409 e. The molecule has 0 aliphatic rings. The Morgan fingerprint density at radius 1 is 1.30 bits per heavy atom. The normalized spacial score (nSPS) is 9.85. The molecule has 0 saturated heterocycles. The molecule has 0 bridgehead atoms. The molecule has 20 heavy (non-hydrogen) atoms. The van der Waals surface area contributed by atoms with Crippen LogP contribution < -0.4 is 10.1 Å². The monoisotopic (exact) mass is 274 g/mol. The molecule has 0 atom stereocenters. The third-order valence-electron chi connectivity index (χ3n) is 2.22. The lowest BCUT2D eigenvalue weighted by Gasteiger charge is -2.02. The lowest BCUT2D eigenvalue weighted by Crippen LogP contribution is -2.18. The number of aromatic nitrogens is 2. The average Bonchev–Trinajstić information content (AvgIpc) is 2.82. The van der Waals surface area contributed by atoms with Gasteiger partial charge >= 0.3 is 6.09 Å². The number of nitroso groups, excluding NO2 is 1. The first-order chi connectivity index (χ1) is 9.60. The van der Waals surface area contributed by atoms with Crippen molar-refractivity contribution in [3.05, 3.63) is 41.4 Å². The highest BCUT2D eigenvalue weighted by molar-refractivity contribution is 5.91. The molecule has 8 nitrogen and oxygen atoms in total. The molecule has 0 unspecified atom stereocenters. The Bertz CT molecular complexity index is 651. The molecule has 1 N–H and O–H groups in total. The summed E-state index contributed by atoms with van der Waals surface area (Å²) >= 11 is 0. The molecule has 0 radical (unpaired) electrons. The summed E-state index contributed by atoms with van der Waals surface area (Å²) in [4.78, 5) is 33.3. The van der Waals surface area contributed by atoms with E-state index in [1.807, 2.05) is 0 Å². The van der Waals surface area contributed by atoms with Crippen LogP contribution in [0.2, 0.25) is 0 Å². The van der Waals surface area contributed by atoms with Gasteiger partial charge in [-0.25, -0.2) is 4.79 Å². The third kappa shape index (κ3) is 3.05. The number of rotatable bonds is 3. The van der Waals surface area contributed by atoms with Gasteiger partial charge in [0.25, 0.3) is 0 Å². The molecule has 102 valence electrons. The van der Waals surface area contributed by atoms with Crippen molar-refractivity contribution >= 4 is 23.5 Å². The molecular formula is C12H10N4O4. The van der Waals surface area contributed by atoms with E-state index in [1.165, 1.54) is 6.92 Å². The summed E-state index contributed by atoms with van der Waals surface area (Å²) in [7, 11) is 0. The van der Waals surface area contributed by atoms with Crippen LogP contribution in [0, 0.1) is 4.91 Å². The first kappa shape index (κ1) is 13.4. The molecule has 1 aromatic carbocycles. The van der Waals surface area contributed by atoms with Crippen LogP contribution in [0.3, 0.4) is 0 Å². The van der Waals surface area contributed by atoms with Crippen molar-refractivity contribution < 1.29 is 14.3 Å². The van der Waals surface area contributed by atoms with Gasteiger partial charge in [-0.3, -0.25) is 4.79 Å². The summed E-state index contributed by atoms with van der Waals surface area (Å²) in [6.45, 7) is 1.25. The lowest BCUT2D eigenvalue weighted by atomic mass is 10.3. The fraction of sp³-hybridized carbons (Fsp3) is 0.0833. The Hall–Kier alpha value is -3.03. The zero-order valence-electron chi connectivity index (χ0n) is 10.4. The number of carbonyl (C=O) groups excluding carboxylic acids is 2. The number of nitrogens with zero attached hydrogens (tertiary/aromatic N) is 3. The van der Waals surface area contributed by atoms with E-state index in [2.05, 4.69) is 15.6 Å². The first-order valence-corrected chi connectivity index (χ1v) is 5.58. The Morgan fingerprint density at radius 2 is 2.00 bits per heavy atom. The minimum Gasteiger partial charge on any atom is -0.409 e. The van der Waals surface area contributed by atoms with Gasteiger partial charge in [0.2, 0.25) is 5.91 Å². The fourth-order valence-electron chi connectivity index (χ4n) is 1.42. The largest absolute Gasteiger partial charge is 0.440 e. The Morgan fingerprint density at radius 3 is 2.60 bits per heavy atom. The predicted molar refractivity (Wildman–Crippen MR) is 69.8 cm³/mol. The second-order valence-corrected chi connectivity index (χ2v) is 3.76. The van der Waals surface area contributed by atoms with Crippen LogP contribution in [0.25, 0.3) is 0 Å². The highest BCUT2D eigenvalue weighted by atomic mass is 16.6. The van der Waals surface area contributed by atoms with Crippen LogP contribution in [0.1, 0.15) is 6.92 Å². The van der Waals surface area contributed by atoms with E-state index < -0.39 is 12.0 Å². The van der Waals surface area contributed by atoms with E-state index in [0.29, 0.717) is 5.75 Å². The maximum Gasteiger partial charge on any atom is 0.440 e. The summed E-state index contributed by atoms with van der Waals surface area (Å²) in [5.74, 6) is -0.205. The van der Waals surface area contributed by atoms with E-state index in [9.17, 15) is 14.5 Å². The molecular weight excluding hydrogens is 264 g/mol. The summed E-state index contributed by atoms with van der Waals surface area (Å²) in [5.41, 5.74) is -0.162. The van der Waals surface area contributed by atoms with Gasteiger partial charge in [0.1, 0.15) is 5.75 Å². The van der Waals surface area contributed by atoms with Gasteiger partial charge in [0, 0.05) is 6.92 Å². The van der Waals surface area contributed by atoms with Crippen molar-refractivity contribution in [2.24, 2.45) is 5.18 Å². The second kappa shape index (κ2) is 5.74. The zero-order valence-corrected chi connectivity index (χ0v) is 10.4. The number of ether oxygens (including phenoxy) is 1. The van der Waals surface area contributed by atoms with Gasteiger partial charge in [-0.2, -0.15) is 4.68 Å². The minimum absolute atomic E-state index is 0.0995. The Balaban J connectivity index is 2.20. The van der Waals surface area contributed by atoms with Gasteiger partial charge in [-0.1, -0.05) is 18.2 Å². The summed E-state index contributed by atoms with van der Waals surface area (Å²) in [6, 6.07) is 8.36. The van der Waals surface area contributed by atoms with E-state index in [0.717, 1.165) is 10.9 Å². The van der Waals surface area contributed by atoms with Crippen LogP contribution in [-0.4, -0.2) is 21.8 Å². The molecule has 0 spiro atoms. The van der Waals surface area contributed by atoms with Gasteiger partial charge in [0.05, 0.1) is 6.20 Å². The number of anilines is 1. The number of hydrogen-bond donors (Lipinski definition) is 1. The average molecular weight is 274 g/mol. The topological polar surface area (TPSA) is 103 Å². The number of amides is 1. The van der Waals surface area contributed by atoms with Crippen molar-refractivity contribution in [2.75, 3.05) is 5.32 Å². The Labute approximate surface area is 113 Å². The highest BCUT2D eigenvalue weighted by Gasteiger charge is 2.16. The third-order valence-corrected chi connectivity index (χ3v) is 2.22. The van der Waals surface area contributed by atoms with Crippen LogP contribution >= 0.6 is 0 Å². The van der Waals surface area contributed by atoms with Crippen LogP contribution in [0.15, 0.2) is 41.7 Å². The summed E-state index contributed by atoms with van der Waals surface area (Å²) < 4.78 is 5.81. The quantitative estimate of drug-likeness (QED) is 0.865. The van der Waals surface area contributed by atoms with Crippen molar-refractivity contribution in [1.82, 2.24) is 9.78 Å². The maximum absolute atomic E-state index is 11.8. The van der Waals surface area contributed by atoms with E-state index in [1.54, 1.807) is 30.3 Å². The van der Waals surface area contributed by atoms with E-state index in [4.69, 9.17) is 4.74 Å². The molecule has 1 aromatic heterocycles. The predicted octanol–water partition coefficient (Wildman–Crippen LogP) is 2.29. The highest BCUT2D eigenvalue weighted by Crippen LogP contribution is 2.22. The van der Waals surface area contributed by atoms with Gasteiger partial charge in [-0.05, 0) is 17.3 Å². The molecule has 1 amide bonds. The van der Waals surface area contributed by atoms with Crippen molar-refractivity contribution in [3.8, 4) is 5.75 Å². The number of nitrogens with one attached hydrogen (secondary N) is 1. The van der Waals surface area contributed by atoms with E-state index in [-0.39, 0.29) is 11.5 Å². The molecule has 8 heteroatoms. The second-order valence-electron chi connectivity index (χ2n) is 3.76. The van der Waals surface area contributed by atoms with Crippen molar-refractivity contribution in [1.29, 1.82) is 0 Å². The summed E-state index contributed by atoms with van der Waals surface area (Å²) in [5, 5.41) is 8.70. The van der Waals surface area contributed by atoms with Crippen LogP contribution in [0.5, 0.6) is 5.75 Å². The number of para-hydroxylation sites is 1. The molecule has 0 aliphatic heterocycles. The van der Waals surface area contributed by atoms with Gasteiger partial charge in [-0.15, -0.1) is 10.0 Å². The molecule has 1 heterocycles. The first-order valence-electron chi connectivity index (χ1n) is 5.58. The van der Waals surface area contributed by atoms with Crippen LogP contribution in [0.4, 0.5) is 16.3 Å². The zero-order chi connectivity index (χ0) is 14.5.